The molecule has 1 fully saturated rings. The van der Waals surface area contributed by atoms with Gasteiger partial charge < -0.3 is 14.2 Å². The van der Waals surface area contributed by atoms with E-state index in [4.69, 9.17) is 4.74 Å². The fourth-order valence-corrected chi connectivity index (χ4v) is 3.24. The third kappa shape index (κ3) is 3.78. The number of ether oxygens (including phenoxy) is 1. The van der Waals surface area contributed by atoms with Crippen LogP contribution in [-0.2, 0) is 22.3 Å². The second kappa shape index (κ2) is 6.33. The fraction of sp³-hybridized carbons (Fsp3) is 0.529. The number of hydrogen-bond donors (Lipinski definition) is 0. The number of amides is 1. The number of alkyl halides is 3. The molecule has 0 aliphatic carbocycles. The lowest BCUT2D eigenvalue weighted by Gasteiger charge is -2.35. The van der Waals surface area contributed by atoms with Gasteiger partial charge in [0.2, 0.25) is 5.91 Å². The smallest absolute Gasteiger partial charge is 0.372 e. The lowest BCUT2D eigenvalue weighted by Crippen LogP contribution is -2.49. The molecule has 3 aliphatic rings. The molecule has 0 aromatic rings. The van der Waals surface area contributed by atoms with E-state index in [1.165, 1.54) is 4.57 Å². The topological polar surface area (TPSA) is 47.4 Å². The standard InChI is InChI=1S/C17H20F3N3O2/c1-10-4-13-5-14(17(18,19)20)21-16(13)23(6-10)9-15(24)22-7-11(2)25-12(3)8-22/h4-6,11-12H,7-9H2,1-3H3/t11-,12-/m1/s1. The SMILES string of the molecule is Cc1cc2cc(C(F)(F)F)nc-2n(CC(=O)N2C[C@@H](C)O[C@H](C)C2)c1. The van der Waals surface area contributed by atoms with Crippen LogP contribution in [0.1, 0.15) is 25.1 Å². The van der Waals surface area contributed by atoms with Gasteiger partial charge in [0.15, 0.2) is 0 Å². The highest BCUT2D eigenvalue weighted by Crippen LogP contribution is 2.34. The van der Waals surface area contributed by atoms with Crippen LogP contribution < -0.4 is 0 Å². The number of halogens is 3. The van der Waals surface area contributed by atoms with Crippen LogP contribution in [0.25, 0.3) is 11.4 Å². The van der Waals surface area contributed by atoms with Gasteiger partial charge in [-0.1, -0.05) is 0 Å². The van der Waals surface area contributed by atoms with Gasteiger partial charge in [-0.15, -0.1) is 0 Å². The molecule has 136 valence electrons. The molecule has 0 N–H and O–H groups in total. The van der Waals surface area contributed by atoms with Crippen LogP contribution in [0.5, 0.6) is 0 Å². The molecule has 25 heavy (non-hydrogen) atoms. The van der Waals surface area contributed by atoms with E-state index in [1.54, 1.807) is 24.1 Å². The summed E-state index contributed by atoms with van der Waals surface area (Å²) in [6.45, 7) is 6.46. The van der Waals surface area contributed by atoms with E-state index in [0.717, 1.165) is 11.6 Å². The Kier molecular flexibility index (Phi) is 4.49. The molecule has 0 unspecified atom stereocenters. The first-order chi connectivity index (χ1) is 11.6. The maximum Gasteiger partial charge on any atom is 0.433 e. The predicted molar refractivity (Wildman–Crippen MR) is 85.2 cm³/mol. The molecule has 0 spiro atoms. The van der Waals surface area contributed by atoms with Gasteiger partial charge in [-0.3, -0.25) is 4.79 Å². The van der Waals surface area contributed by atoms with Gasteiger partial charge in [0.05, 0.1) is 12.2 Å². The summed E-state index contributed by atoms with van der Waals surface area (Å²) in [5, 5.41) is 0. The normalized spacial score (nSPS) is 21.8. The highest BCUT2D eigenvalue weighted by Gasteiger charge is 2.35. The largest absolute Gasteiger partial charge is 0.433 e. The van der Waals surface area contributed by atoms with Crippen molar-refractivity contribution < 1.29 is 22.7 Å². The summed E-state index contributed by atoms with van der Waals surface area (Å²) in [7, 11) is 0. The van der Waals surface area contributed by atoms with Crippen LogP contribution in [-0.4, -0.2) is 45.7 Å². The van der Waals surface area contributed by atoms with Gasteiger partial charge in [-0.2, -0.15) is 13.2 Å². The molecule has 0 aromatic carbocycles. The monoisotopic (exact) mass is 355 g/mol. The summed E-state index contributed by atoms with van der Waals surface area (Å²) in [6.07, 6.45) is -2.99. The molecule has 3 heterocycles. The lowest BCUT2D eigenvalue weighted by molar-refractivity contribution is -0.143. The Bertz CT molecular complexity index is 746. The molecule has 3 aliphatic heterocycles. The number of morpholine rings is 1. The van der Waals surface area contributed by atoms with Crippen LogP contribution >= 0.6 is 0 Å². The molecule has 1 amide bonds. The second-order valence-electron chi connectivity index (χ2n) is 6.62. The van der Waals surface area contributed by atoms with Crippen molar-refractivity contribution in [2.75, 3.05) is 13.1 Å². The first-order valence-electron chi connectivity index (χ1n) is 8.11. The first-order valence-corrected chi connectivity index (χ1v) is 8.11. The van der Waals surface area contributed by atoms with E-state index in [-0.39, 0.29) is 30.5 Å². The average molecular weight is 355 g/mol. The Morgan fingerprint density at radius 3 is 2.52 bits per heavy atom. The van der Waals surface area contributed by atoms with Crippen molar-refractivity contribution in [1.29, 1.82) is 0 Å². The number of aromatic nitrogens is 2. The van der Waals surface area contributed by atoms with E-state index in [9.17, 15) is 18.0 Å². The van der Waals surface area contributed by atoms with Crippen LogP contribution in [0.3, 0.4) is 0 Å². The van der Waals surface area contributed by atoms with Crippen LogP contribution in [0, 0.1) is 6.92 Å². The minimum absolute atomic E-state index is 0.0497. The van der Waals surface area contributed by atoms with E-state index < -0.39 is 11.9 Å². The Labute approximate surface area is 143 Å². The molecule has 5 nitrogen and oxygen atoms in total. The Balaban J connectivity index is 1.88. The molecular weight excluding hydrogens is 335 g/mol. The van der Waals surface area contributed by atoms with Crippen LogP contribution in [0.2, 0.25) is 0 Å². The maximum atomic E-state index is 12.9. The zero-order valence-corrected chi connectivity index (χ0v) is 14.3. The number of carbonyl (C=O) groups is 1. The number of hydrogen-bond acceptors (Lipinski definition) is 3. The Morgan fingerprint density at radius 2 is 1.92 bits per heavy atom. The lowest BCUT2D eigenvalue weighted by atomic mass is 10.2. The number of nitrogens with zero attached hydrogens (tertiary/aromatic N) is 3. The highest BCUT2D eigenvalue weighted by atomic mass is 19.4. The zero-order valence-electron chi connectivity index (χ0n) is 14.3. The van der Waals surface area contributed by atoms with E-state index in [0.29, 0.717) is 18.7 Å². The Hall–Kier alpha value is -2.09. The van der Waals surface area contributed by atoms with Gasteiger partial charge in [-0.05, 0) is 38.5 Å². The number of pyridine rings is 1. The number of aryl methyl sites for hydroxylation is 1. The van der Waals surface area contributed by atoms with Crippen LogP contribution in [0.15, 0.2) is 18.3 Å². The van der Waals surface area contributed by atoms with E-state index >= 15 is 0 Å². The zero-order chi connectivity index (χ0) is 18.4. The molecule has 8 heteroatoms. The molecular formula is C17H20F3N3O2. The molecule has 2 atom stereocenters. The van der Waals surface area contributed by atoms with Gasteiger partial charge in [0.25, 0.3) is 0 Å². The van der Waals surface area contributed by atoms with Gasteiger partial charge >= 0.3 is 6.18 Å². The van der Waals surface area contributed by atoms with Crippen molar-refractivity contribution >= 4 is 5.91 Å². The molecule has 0 aromatic heterocycles. The fourth-order valence-electron chi connectivity index (χ4n) is 3.24. The average Bonchev–Trinajstić information content (AvgIpc) is 2.90. The predicted octanol–water partition coefficient (Wildman–Crippen LogP) is 2.95. The van der Waals surface area contributed by atoms with Crippen LogP contribution in [0.4, 0.5) is 13.2 Å². The number of rotatable bonds is 2. The molecule has 0 saturated carbocycles. The van der Waals surface area contributed by atoms with Gasteiger partial charge in [0, 0.05) is 24.8 Å². The van der Waals surface area contributed by atoms with E-state index in [2.05, 4.69) is 4.98 Å². The number of fused-ring (bicyclic) bond motifs is 1. The van der Waals surface area contributed by atoms with Crippen molar-refractivity contribution in [3.63, 3.8) is 0 Å². The van der Waals surface area contributed by atoms with Crippen molar-refractivity contribution in [3.05, 3.63) is 29.6 Å². The maximum absolute atomic E-state index is 12.9. The van der Waals surface area contributed by atoms with Crippen molar-refractivity contribution in [2.45, 2.75) is 45.7 Å². The van der Waals surface area contributed by atoms with Gasteiger partial charge in [-0.25, -0.2) is 4.98 Å². The molecule has 3 rings (SSSR count). The Morgan fingerprint density at radius 1 is 1.28 bits per heavy atom. The molecule has 0 bridgehead atoms. The summed E-state index contributed by atoms with van der Waals surface area (Å²) in [4.78, 5) is 18.0. The quantitative estimate of drug-likeness (QED) is 0.832. The summed E-state index contributed by atoms with van der Waals surface area (Å²) in [6, 6.07) is 2.65. The summed E-state index contributed by atoms with van der Waals surface area (Å²) in [5.74, 6) is 0.0103. The number of carbonyl (C=O) groups excluding carboxylic acids is 1. The van der Waals surface area contributed by atoms with Crippen molar-refractivity contribution in [1.82, 2.24) is 14.5 Å². The summed E-state index contributed by atoms with van der Waals surface area (Å²) in [5.41, 5.74) is 0.205. The second-order valence-corrected chi connectivity index (χ2v) is 6.62. The summed E-state index contributed by atoms with van der Waals surface area (Å²) >= 11 is 0. The molecule has 1 saturated heterocycles. The minimum Gasteiger partial charge on any atom is -0.372 e. The summed E-state index contributed by atoms with van der Waals surface area (Å²) < 4.78 is 45.9. The van der Waals surface area contributed by atoms with Crippen molar-refractivity contribution in [2.24, 2.45) is 0 Å². The van der Waals surface area contributed by atoms with Crippen molar-refractivity contribution in [3.8, 4) is 11.4 Å². The molecule has 0 radical (unpaired) electrons. The third-order valence-electron chi connectivity index (χ3n) is 4.16. The first kappa shape index (κ1) is 17.7. The van der Waals surface area contributed by atoms with E-state index in [1.807, 2.05) is 13.8 Å². The minimum atomic E-state index is -4.51. The third-order valence-corrected chi connectivity index (χ3v) is 4.16. The van der Waals surface area contributed by atoms with Gasteiger partial charge in [0.1, 0.15) is 18.1 Å². The highest BCUT2D eigenvalue weighted by molar-refractivity contribution is 5.77.